The third kappa shape index (κ3) is 4.07. The van der Waals surface area contributed by atoms with Crippen LogP contribution in [0.4, 0.5) is 4.79 Å². The van der Waals surface area contributed by atoms with Crippen LogP contribution in [0, 0.1) is 12.8 Å². The number of aromatic nitrogens is 1. The number of benzene rings is 1. The fourth-order valence-electron chi connectivity index (χ4n) is 4.75. The molecule has 0 N–H and O–H groups in total. The van der Waals surface area contributed by atoms with E-state index in [1.165, 1.54) is 7.11 Å². The van der Waals surface area contributed by atoms with Gasteiger partial charge in [-0.3, -0.25) is 4.98 Å². The molecular formula is C25H28N2O4. The van der Waals surface area contributed by atoms with E-state index in [4.69, 9.17) is 14.5 Å². The normalized spacial score (nSPS) is 18.4. The van der Waals surface area contributed by atoms with Gasteiger partial charge in [-0.25, -0.2) is 9.59 Å². The molecule has 4 rings (SSSR count). The van der Waals surface area contributed by atoms with Gasteiger partial charge in [-0.15, -0.1) is 0 Å². The van der Waals surface area contributed by atoms with Crippen LogP contribution >= 0.6 is 0 Å². The van der Waals surface area contributed by atoms with Crippen LogP contribution in [0.1, 0.15) is 53.6 Å². The first-order valence-electron chi connectivity index (χ1n) is 10.8. The maximum Gasteiger partial charge on any atom is 0.409 e. The van der Waals surface area contributed by atoms with E-state index in [-0.39, 0.29) is 18.0 Å². The Morgan fingerprint density at radius 2 is 1.97 bits per heavy atom. The van der Waals surface area contributed by atoms with Crippen LogP contribution in [0.15, 0.2) is 36.5 Å². The number of amides is 1. The highest BCUT2D eigenvalue weighted by atomic mass is 16.6. The number of hydrogen-bond donors (Lipinski definition) is 0. The van der Waals surface area contributed by atoms with E-state index in [0.717, 1.165) is 40.8 Å². The zero-order valence-corrected chi connectivity index (χ0v) is 18.3. The summed E-state index contributed by atoms with van der Waals surface area (Å²) < 4.78 is 10.3. The van der Waals surface area contributed by atoms with Crippen LogP contribution in [-0.4, -0.2) is 48.8 Å². The second-order valence-corrected chi connectivity index (χ2v) is 8.12. The van der Waals surface area contributed by atoms with Crippen molar-refractivity contribution in [2.45, 2.75) is 32.6 Å². The van der Waals surface area contributed by atoms with Crippen LogP contribution in [0.5, 0.6) is 0 Å². The molecule has 6 heteroatoms. The Balaban J connectivity index is 1.76. The Kier molecular flexibility index (Phi) is 6.07. The van der Waals surface area contributed by atoms with E-state index in [9.17, 15) is 9.59 Å². The number of methoxy groups -OCH3 is 1. The first-order valence-corrected chi connectivity index (χ1v) is 10.8. The molecule has 6 nitrogen and oxygen atoms in total. The summed E-state index contributed by atoms with van der Waals surface area (Å²) in [5.74, 6) is -0.0137. The molecule has 0 bridgehead atoms. The third-order valence-electron chi connectivity index (χ3n) is 6.24. The highest BCUT2D eigenvalue weighted by Crippen LogP contribution is 2.44. The number of rotatable bonds is 3. The van der Waals surface area contributed by atoms with Gasteiger partial charge in [-0.2, -0.15) is 0 Å². The lowest BCUT2D eigenvalue weighted by molar-refractivity contribution is -0.133. The number of likely N-dealkylation sites (tertiary alicyclic amines) is 1. The SMILES string of the molecule is CCOC(=O)N1CCC(C2c3ccc(C)cc3C(C(=O)OC)=Cc3cccnc32)CC1. The van der Waals surface area contributed by atoms with E-state index in [0.29, 0.717) is 31.2 Å². The summed E-state index contributed by atoms with van der Waals surface area (Å²) in [7, 11) is 1.41. The van der Waals surface area contributed by atoms with Gasteiger partial charge in [0.05, 0.1) is 25.0 Å². The fourth-order valence-corrected chi connectivity index (χ4v) is 4.75. The Morgan fingerprint density at radius 1 is 1.19 bits per heavy atom. The standard InChI is InChI=1S/C25H28N2O4/c1-4-31-25(29)27-12-9-17(10-13-27)22-19-8-7-16(2)14-20(19)21(24(28)30-3)15-18-6-5-11-26-23(18)22/h5-8,11,14-15,17,22H,4,9-10,12-13H2,1-3H3. The van der Waals surface area contributed by atoms with Crippen LogP contribution < -0.4 is 0 Å². The molecule has 0 spiro atoms. The molecule has 1 amide bonds. The Labute approximate surface area is 182 Å². The van der Waals surface area contributed by atoms with Gasteiger partial charge in [0.1, 0.15) is 0 Å². The number of carbonyl (C=O) groups excluding carboxylic acids is 2. The number of nitrogens with zero attached hydrogens (tertiary/aromatic N) is 2. The molecule has 1 atom stereocenters. The topological polar surface area (TPSA) is 68.7 Å². The number of carbonyl (C=O) groups is 2. The van der Waals surface area contributed by atoms with Crippen molar-refractivity contribution in [2.24, 2.45) is 5.92 Å². The maximum absolute atomic E-state index is 12.7. The van der Waals surface area contributed by atoms with Gasteiger partial charge in [-0.1, -0.05) is 29.8 Å². The minimum absolute atomic E-state index is 0.0366. The summed E-state index contributed by atoms with van der Waals surface area (Å²) in [5.41, 5.74) is 5.55. The van der Waals surface area contributed by atoms with Gasteiger partial charge in [0.2, 0.25) is 0 Å². The minimum Gasteiger partial charge on any atom is -0.465 e. The predicted molar refractivity (Wildman–Crippen MR) is 118 cm³/mol. The van der Waals surface area contributed by atoms with Crippen molar-refractivity contribution in [1.82, 2.24) is 9.88 Å². The minimum atomic E-state index is -0.348. The molecule has 2 aliphatic rings. The lowest BCUT2D eigenvalue weighted by atomic mass is 9.76. The van der Waals surface area contributed by atoms with Crippen LogP contribution in [0.3, 0.4) is 0 Å². The molecule has 1 aromatic carbocycles. The molecule has 162 valence electrons. The van der Waals surface area contributed by atoms with Crippen molar-refractivity contribution in [3.8, 4) is 0 Å². The number of piperidine rings is 1. The fraction of sp³-hybridized carbons (Fsp3) is 0.400. The zero-order valence-electron chi connectivity index (χ0n) is 18.3. The van der Waals surface area contributed by atoms with Crippen molar-refractivity contribution >= 4 is 23.7 Å². The Morgan fingerprint density at radius 3 is 2.68 bits per heavy atom. The zero-order chi connectivity index (χ0) is 22.0. The smallest absolute Gasteiger partial charge is 0.409 e. The summed E-state index contributed by atoms with van der Waals surface area (Å²) in [5, 5.41) is 0. The van der Waals surface area contributed by atoms with Gasteiger partial charge in [0, 0.05) is 25.2 Å². The van der Waals surface area contributed by atoms with Gasteiger partial charge >= 0.3 is 12.1 Å². The van der Waals surface area contributed by atoms with Gasteiger partial charge in [-0.05, 0) is 61.4 Å². The maximum atomic E-state index is 12.7. The van der Waals surface area contributed by atoms with E-state index < -0.39 is 0 Å². The largest absolute Gasteiger partial charge is 0.465 e. The van der Waals surface area contributed by atoms with Crippen LogP contribution in [0.2, 0.25) is 0 Å². The molecule has 1 aliphatic carbocycles. The summed E-state index contributed by atoms with van der Waals surface area (Å²) in [6, 6.07) is 10.2. The molecule has 1 fully saturated rings. The number of pyridine rings is 1. The number of ether oxygens (including phenoxy) is 2. The second kappa shape index (κ2) is 8.92. The number of hydrogen-bond acceptors (Lipinski definition) is 5. The first kappa shape index (κ1) is 21.1. The lowest BCUT2D eigenvalue weighted by Gasteiger charge is -2.36. The van der Waals surface area contributed by atoms with E-state index in [2.05, 4.69) is 18.2 Å². The highest BCUT2D eigenvalue weighted by molar-refractivity contribution is 6.22. The molecule has 31 heavy (non-hydrogen) atoms. The van der Waals surface area contributed by atoms with Gasteiger partial charge in [0.15, 0.2) is 0 Å². The summed E-state index contributed by atoms with van der Waals surface area (Å²) in [6.07, 6.45) is 5.16. The van der Waals surface area contributed by atoms with Gasteiger partial charge in [0.25, 0.3) is 0 Å². The Bertz CT molecular complexity index is 1020. The molecule has 2 heterocycles. The third-order valence-corrected chi connectivity index (χ3v) is 6.24. The molecule has 0 saturated carbocycles. The molecular weight excluding hydrogens is 392 g/mol. The monoisotopic (exact) mass is 420 g/mol. The van der Waals surface area contributed by atoms with E-state index in [1.54, 1.807) is 4.90 Å². The lowest BCUT2D eigenvalue weighted by Crippen LogP contribution is -2.40. The van der Waals surface area contributed by atoms with Crippen LogP contribution in [0.25, 0.3) is 11.6 Å². The molecule has 1 aromatic heterocycles. The van der Waals surface area contributed by atoms with Crippen LogP contribution in [-0.2, 0) is 14.3 Å². The Hall–Kier alpha value is -3.15. The molecule has 2 aromatic rings. The van der Waals surface area contributed by atoms with Gasteiger partial charge < -0.3 is 14.4 Å². The first-order chi connectivity index (χ1) is 15.0. The molecule has 0 radical (unpaired) electrons. The van der Waals surface area contributed by atoms with Crippen molar-refractivity contribution < 1.29 is 19.1 Å². The molecule has 1 aliphatic heterocycles. The average Bonchev–Trinajstić information content (AvgIpc) is 2.93. The summed E-state index contributed by atoms with van der Waals surface area (Å²) >= 11 is 0. The second-order valence-electron chi connectivity index (χ2n) is 8.12. The van der Waals surface area contributed by atoms with E-state index in [1.807, 2.05) is 38.3 Å². The van der Waals surface area contributed by atoms with Crippen molar-refractivity contribution in [1.29, 1.82) is 0 Å². The number of esters is 1. The summed E-state index contributed by atoms with van der Waals surface area (Å²) in [4.78, 5) is 31.4. The quantitative estimate of drug-likeness (QED) is 0.688. The van der Waals surface area contributed by atoms with Crippen molar-refractivity contribution in [3.63, 3.8) is 0 Å². The van der Waals surface area contributed by atoms with Crippen molar-refractivity contribution in [2.75, 3.05) is 26.8 Å². The summed E-state index contributed by atoms with van der Waals surface area (Å²) in [6.45, 7) is 5.54. The average molecular weight is 421 g/mol. The number of fused-ring (bicyclic) bond motifs is 2. The predicted octanol–water partition coefficient (Wildman–Crippen LogP) is 4.42. The van der Waals surface area contributed by atoms with E-state index >= 15 is 0 Å². The van der Waals surface area contributed by atoms with Crippen molar-refractivity contribution in [3.05, 3.63) is 64.5 Å². The molecule has 1 unspecified atom stereocenters. The number of aryl methyl sites for hydroxylation is 1. The molecule has 1 saturated heterocycles. The highest BCUT2D eigenvalue weighted by Gasteiger charge is 2.36.